The van der Waals surface area contributed by atoms with E-state index in [-0.39, 0.29) is 24.7 Å². The summed E-state index contributed by atoms with van der Waals surface area (Å²) in [5.74, 6) is 3.61. The zero-order valence-electron chi connectivity index (χ0n) is 19.1. The molecule has 0 saturated heterocycles. The molecule has 0 bridgehead atoms. The first-order valence-electron chi connectivity index (χ1n) is 12.9. The highest BCUT2D eigenvalue weighted by molar-refractivity contribution is 4.95. The molecule has 174 valence electrons. The number of methoxy groups -OCH3 is 1. The van der Waals surface area contributed by atoms with Crippen LogP contribution >= 0.6 is 0 Å². The van der Waals surface area contributed by atoms with Crippen molar-refractivity contribution in [2.24, 2.45) is 41.4 Å². The van der Waals surface area contributed by atoms with Crippen LogP contribution in [-0.4, -0.2) is 31.7 Å². The zero-order chi connectivity index (χ0) is 21.3. The summed E-state index contributed by atoms with van der Waals surface area (Å²) in [6.07, 6.45) is 9.47. The van der Waals surface area contributed by atoms with Gasteiger partial charge in [0.1, 0.15) is 24.6 Å². The van der Waals surface area contributed by atoms with Crippen LogP contribution < -0.4 is 0 Å². The monoisotopic (exact) mass is 428 g/mol. The van der Waals surface area contributed by atoms with Gasteiger partial charge in [-0.25, -0.2) is 13.2 Å². The average molecular weight is 429 g/mol. The molecule has 4 heteroatoms. The fourth-order valence-corrected chi connectivity index (χ4v) is 7.79. The molecule has 0 spiro atoms. The minimum absolute atomic E-state index is 0.156. The van der Waals surface area contributed by atoms with Crippen LogP contribution in [0.25, 0.3) is 0 Å². The number of alkyl halides is 3. The summed E-state index contributed by atoms with van der Waals surface area (Å²) < 4.78 is 48.8. The summed E-state index contributed by atoms with van der Waals surface area (Å²) in [7, 11) is 1.37. The number of halogens is 3. The first-order valence-corrected chi connectivity index (χ1v) is 12.9. The van der Waals surface area contributed by atoms with Crippen molar-refractivity contribution in [1.29, 1.82) is 0 Å². The molecule has 4 rings (SSSR count). The van der Waals surface area contributed by atoms with Crippen molar-refractivity contribution in [2.75, 3.05) is 7.11 Å². The van der Waals surface area contributed by atoms with Crippen molar-refractivity contribution < 1.29 is 17.9 Å². The van der Waals surface area contributed by atoms with Crippen molar-refractivity contribution in [3.63, 3.8) is 0 Å². The molecule has 5 atom stereocenters. The van der Waals surface area contributed by atoms with Gasteiger partial charge >= 0.3 is 0 Å². The molecule has 1 nitrogen and oxygen atoms in total. The van der Waals surface area contributed by atoms with E-state index in [0.29, 0.717) is 18.3 Å². The highest BCUT2D eigenvalue weighted by Gasteiger charge is 2.46. The highest BCUT2D eigenvalue weighted by atomic mass is 19.1. The van der Waals surface area contributed by atoms with E-state index in [1.165, 1.54) is 58.5 Å². The summed E-state index contributed by atoms with van der Waals surface area (Å²) in [5, 5.41) is 0. The highest BCUT2D eigenvalue weighted by Crippen LogP contribution is 2.49. The first-order chi connectivity index (χ1) is 14.5. The third-order valence-electron chi connectivity index (χ3n) is 9.72. The number of rotatable bonds is 4. The minimum Gasteiger partial charge on any atom is -0.375 e. The lowest BCUT2D eigenvalue weighted by molar-refractivity contribution is -0.0803. The SMILES string of the molecule is COC1C(F)CC(C2CCC(C3CCC(C4CCC(C)CC4)CC3)CC2F)CC1F. The van der Waals surface area contributed by atoms with Crippen molar-refractivity contribution in [3.05, 3.63) is 0 Å². The lowest BCUT2D eigenvalue weighted by atomic mass is 9.63. The van der Waals surface area contributed by atoms with Crippen molar-refractivity contribution in [3.8, 4) is 0 Å². The molecule has 0 heterocycles. The fourth-order valence-electron chi connectivity index (χ4n) is 7.79. The van der Waals surface area contributed by atoms with Gasteiger partial charge < -0.3 is 4.74 Å². The van der Waals surface area contributed by atoms with Crippen LogP contribution in [0.1, 0.15) is 90.4 Å². The smallest absolute Gasteiger partial charge is 0.129 e. The molecule has 4 aliphatic carbocycles. The molecular formula is C26H43F3O. The maximum absolute atomic E-state index is 15.2. The molecule has 30 heavy (non-hydrogen) atoms. The predicted molar refractivity (Wildman–Crippen MR) is 116 cm³/mol. The van der Waals surface area contributed by atoms with Crippen LogP contribution in [0.5, 0.6) is 0 Å². The van der Waals surface area contributed by atoms with Crippen LogP contribution in [-0.2, 0) is 4.74 Å². The summed E-state index contributed by atoms with van der Waals surface area (Å²) >= 11 is 0. The summed E-state index contributed by atoms with van der Waals surface area (Å²) in [5.41, 5.74) is 0. The van der Waals surface area contributed by atoms with Crippen molar-refractivity contribution in [1.82, 2.24) is 0 Å². The van der Waals surface area contributed by atoms with E-state index in [2.05, 4.69) is 6.92 Å². The Kier molecular flexibility index (Phi) is 7.74. The summed E-state index contributed by atoms with van der Waals surface area (Å²) in [6, 6.07) is 0. The Hall–Kier alpha value is -0.250. The molecule has 0 radical (unpaired) electrons. The first kappa shape index (κ1) is 22.9. The molecule has 4 aliphatic rings. The minimum atomic E-state index is -1.30. The van der Waals surface area contributed by atoms with Gasteiger partial charge in [-0.3, -0.25) is 0 Å². The molecule has 0 N–H and O–H groups in total. The topological polar surface area (TPSA) is 9.23 Å². The van der Waals surface area contributed by atoms with Crippen LogP contribution in [0.4, 0.5) is 13.2 Å². The molecule has 4 saturated carbocycles. The lowest BCUT2D eigenvalue weighted by Gasteiger charge is -2.45. The Morgan fingerprint density at radius 3 is 1.47 bits per heavy atom. The van der Waals surface area contributed by atoms with Crippen LogP contribution in [0.15, 0.2) is 0 Å². The summed E-state index contributed by atoms with van der Waals surface area (Å²) in [6.45, 7) is 2.39. The third kappa shape index (κ3) is 5.04. The van der Waals surface area contributed by atoms with Crippen molar-refractivity contribution in [2.45, 2.75) is 115 Å². The van der Waals surface area contributed by atoms with Gasteiger partial charge in [0, 0.05) is 7.11 Å². The second-order valence-corrected chi connectivity index (χ2v) is 11.4. The number of hydrogen-bond donors (Lipinski definition) is 0. The molecule has 4 fully saturated rings. The van der Waals surface area contributed by atoms with Crippen molar-refractivity contribution >= 4 is 0 Å². The van der Waals surface area contributed by atoms with E-state index in [1.807, 2.05) is 0 Å². The molecule has 5 unspecified atom stereocenters. The van der Waals surface area contributed by atoms with Gasteiger partial charge in [0.2, 0.25) is 0 Å². The van der Waals surface area contributed by atoms with E-state index < -0.39 is 24.6 Å². The predicted octanol–water partition coefficient (Wildman–Crippen LogP) is 7.47. The van der Waals surface area contributed by atoms with Crippen LogP contribution in [0.2, 0.25) is 0 Å². The second kappa shape index (κ2) is 10.1. The Bertz CT molecular complexity index is 514. The normalized spacial score (nSPS) is 50.9. The van der Waals surface area contributed by atoms with E-state index in [9.17, 15) is 8.78 Å². The lowest BCUT2D eigenvalue weighted by Crippen LogP contribution is -2.46. The van der Waals surface area contributed by atoms with E-state index in [0.717, 1.165) is 30.6 Å². The Morgan fingerprint density at radius 1 is 0.533 bits per heavy atom. The molecule has 0 aromatic carbocycles. The molecule has 0 amide bonds. The van der Waals surface area contributed by atoms with E-state index in [4.69, 9.17) is 4.74 Å². The Morgan fingerprint density at radius 2 is 0.967 bits per heavy atom. The molecule has 0 aromatic heterocycles. The third-order valence-corrected chi connectivity index (χ3v) is 9.72. The maximum Gasteiger partial charge on any atom is 0.129 e. The Labute approximate surface area is 181 Å². The number of hydrogen-bond acceptors (Lipinski definition) is 1. The quantitative estimate of drug-likeness (QED) is 0.451. The van der Waals surface area contributed by atoms with Crippen LogP contribution in [0.3, 0.4) is 0 Å². The Balaban J connectivity index is 1.24. The molecular weight excluding hydrogens is 385 g/mol. The van der Waals surface area contributed by atoms with E-state index >= 15 is 4.39 Å². The maximum atomic E-state index is 15.2. The van der Waals surface area contributed by atoms with Gasteiger partial charge in [0.25, 0.3) is 0 Å². The van der Waals surface area contributed by atoms with Gasteiger partial charge in [-0.05, 0) is 112 Å². The van der Waals surface area contributed by atoms with E-state index in [1.54, 1.807) is 0 Å². The van der Waals surface area contributed by atoms with Gasteiger partial charge in [0.15, 0.2) is 0 Å². The molecule has 0 aliphatic heterocycles. The second-order valence-electron chi connectivity index (χ2n) is 11.4. The average Bonchev–Trinajstić information content (AvgIpc) is 2.74. The van der Waals surface area contributed by atoms with Gasteiger partial charge in [0.05, 0.1) is 0 Å². The zero-order valence-corrected chi connectivity index (χ0v) is 19.1. The van der Waals surface area contributed by atoms with Gasteiger partial charge in [-0.1, -0.05) is 19.8 Å². The van der Waals surface area contributed by atoms with Crippen LogP contribution in [0, 0.1) is 41.4 Å². The standard InChI is InChI=1S/C26H43F3O/c1-16-3-5-17(6-4-16)18-7-9-19(10-8-18)20-11-12-22(23(27)13-20)21-14-24(28)26(30-2)25(29)15-21/h16-26H,3-15H2,1-2H3. The number of ether oxygens (including phenoxy) is 1. The molecule has 0 aromatic rings. The van der Waals surface area contributed by atoms with Gasteiger partial charge in [-0.15, -0.1) is 0 Å². The van der Waals surface area contributed by atoms with Gasteiger partial charge in [-0.2, -0.15) is 0 Å². The fraction of sp³-hybridized carbons (Fsp3) is 1.00. The summed E-state index contributed by atoms with van der Waals surface area (Å²) in [4.78, 5) is 0. The largest absolute Gasteiger partial charge is 0.375 e.